The first-order chi connectivity index (χ1) is 16.3. The quantitative estimate of drug-likeness (QED) is 0.568. The molecule has 2 fully saturated rings. The van der Waals surface area contributed by atoms with Crippen LogP contribution in [0.4, 0.5) is 18.9 Å². The number of hydrogen-bond donors (Lipinski definition) is 2. The van der Waals surface area contributed by atoms with Crippen molar-refractivity contribution in [3.8, 4) is 5.75 Å². The topological polar surface area (TPSA) is 66.7 Å². The van der Waals surface area contributed by atoms with Crippen LogP contribution in [-0.2, 0) is 6.18 Å². The number of alkyl halides is 3. The monoisotopic (exact) mass is 473 g/mol. The minimum Gasteiger partial charge on any atom is -0.490 e. The number of nitrogens with one attached hydrogen (secondary N) is 2. The number of halogens is 3. The van der Waals surface area contributed by atoms with E-state index in [-0.39, 0.29) is 23.8 Å². The number of anilines is 1. The van der Waals surface area contributed by atoms with Crippen LogP contribution in [0.1, 0.15) is 35.4 Å². The van der Waals surface area contributed by atoms with Crippen molar-refractivity contribution >= 4 is 22.6 Å². The Morgan fingerprint density at radius 1 is 1.06 bits per heavy atom. The van der Waals surface area contributed by atoms with E-state index in [2.05, 4.69) is 15.5 Å². The molecule has 2 saturated heterocycles. The average molecular weight is 473 g/mol. The van der Waals surface area contributed by atoms with Crippen LogP contribution < -0.4 is 20.3 Å². The average Bonchev–Trinajstić information content (AvgIpc) is 3.49. The highest BCUT2D eigenvalue weighted by atomic mass is 19.4. The second-order valence-electron chi connectivity index (χ2n) is 8.82. The molecule has 9 heteroatoms. The first-order valence-electron chi connectivity index (χ1n) is 11.5. The van der Waals surface area contributed by atoms with Crippen LogP contribution in [0.3, 0.4) is 0 Å². The van der Waals surface area contributed by atoms with E-state index in [1.54, 1.807) is 12.1 Å². The maximum atomic E-state index is 12.8. The van der Waals surface area contributed by atoms with Gasteiger partial charge in [0.15, 0.2) is 5.76 Å². The van der Waals surface area contributed by atoms with Crippen LogP contribution >= 0.6 is 0 Å². The summed E-state index contributed by atoms with van der Waals surface area (Å²) in [5.41, 5.74) is 0.768. The minimum atomic E-state index is -4.33. The lowest BCUT2D eigenvalue weighted by Crippen LogP contribution is -2.38. The van der Waals surface area contributed by atoms with Gasteiger partial charge in [0.25, 0.3) is 5.91 Å². The predicted molar refractivity (Wildman–Crippen MR) is 122 cm³/mol. The standard InChI is InChI=1S/C25H26F3N3O3/c26-25(27,28)17-1-3-19(4-2-17)31-11-8-20(9-12-31)33-21-5-6-22-16(13-21)14-23(34-22)24(32)30-18-7-10-29-15-18/h1-6,13-14,18,20,29H,7-12,15H2,(H,30,32). The van der Waals surface area contributed by atoms with Gasteiger partial charge in [-0.15, -0.1) is 0 Å². The number of hydrogen-bond acceptors (Lipinski definition) is 5. The van der Waals surface area contributed by atoms with Gasteiger partial charge in [-0.05, 0) is 61.5 Å². The molecule has 1 aromatic heterocycles. The zero-order valence-electron chi connectivity index (χ0n) is 18.5. The Balaban J connectivity index is 1.17. The second kappa shape index (κ2) is 9.21. The Hall–Kier alpha value is -3.20. The number of amides is 1. The van der Waals surface area contributed by atoms with Crippen LogP contribution in [0.2, 0.25) is 0 Å². The van der Waals surface area contributed by atoms with Gasteiger partial charge in [-0.1, -0.05) is 0 Å². The Labute approximate surface area is 195 Å². The molecule has 0 spiro atoms. The maximum Gasteiger partial charge on any atom is 0.416 e. The zero-order valence-corrected chi connectivity index (χ0v) is 18.5. The van der Waals surface area contributed by atoms with Crippen molar-refractivity contribution in [1.82, 2.24) is 10.6 Å². The Morgan fingerprint density at radius 3 is 2.50 bits per heavy atom. The molecule has 2 N–H and O–H groups in total. The number of rotatable bonds is 5. The van der Waals surface area contributed by atoms with Crippen molar-refractivity contribution in [3.05, 3.63) is 59.9 Å². The number of carbonyl (C=O) groups is 1. The molecule has 1 unspecified atom stereocenters. The van der Waals surface area contributed by atoms with Crippen molar-refractivity contribution in [2.24, 2.45) is 0 Å². The number of fused-ring (bicyclic) bond motifs is 1. The molecule has 0 aliphatic carbocycles. The van der Waals surface area contributed by atoms with E-state index < -0.39 is 11.7 Å². The van der Waals surface area contributed by atoms with Crippen molar-refractivity contribution in [2.45, 2.75) is 37.6 Å². The van der Waals surface area contributed by atoms with E-state index in [9.17, 15) is 18.0 Å². The SMILES string of the molecule is O=C(NC1CCNC1)c1cc2cc(OC3CCN(c4ccc(C(F)(F)F)cc4)CC3)ccc2o1. The summed E-state index contributed by atoms with van der Waals surface area (Å²) in [5.74, 6) is 0.764. The normalized spacial score (nSPS) is 19.5. The smallest absolute Gasteiger partial charge is 0.416 e. The molecule has 3 heterocycles. The van der Waals surface area contributed by atoms with Crippen molar-refractivity contribution < 1.29 is 27.1 Å². The highest BCUT2D eigenvalue weighted by Crippen LogP contribution is 2.32. The third kappa shape index (κ3) is 4.99. The van der Waals surface area contributed by atoms with E-state index in [1.807, 2.05) is 12.1 Å². The molecule has 0 radical (unpaired) electrons. The Morgan fingerprint density at radius 2 is 1.82 bits per heavy atom. The van der Waals surface area contributed by atoms with Crippen LogP contribution in [0, 0.1) is 0 Å². The van der Waals surface area contributed by atoms with Crippen LogP contribution in [0.15, 0.2) is 52.9 Å². The molecule has 2 aliphatic rings. The molecule has 34 heavy (non-hydrogen) atoms. The summed E-state index contributed by atoms with van der Waals surface area (Å²) in [4.78, 5) is 14.5. The number of benzene rings is 2. The molecule has 0 bridgehead atoms. The van der Waals surface area contributed by atoms with Crippen molar-refractivity contribution in [1.29, 1.82) is 0 Å². The van der Waals surface area contributed by atoms with Gasteiger partial charge in [0.05, 0.1) is 5.56 Å². The molecule has 5 rings (SSSR count). The summed E-state index contributed by atoms with van der Waals surface area (Å²) >= 11 is 0. The molecule has 2 aromatic carbocycles. The molecule has 1 atom stereocenters. The lowest BCUT2D eigenvalue weighted by atomic mass is 10.1. The number of nitrogens with zero attached hydrogens (tertiary/aromatic N) is 1. The molecule has 0 saturated carbocycles. The molecule has 180 valence electrons. The Kier molecular flexibility index (Phi) is 6.12. The summed E-state index contributed by atoms with van der Waals surface area (Å²) in [5, 5.41) is 6.99. The summed E-state index contributed by atoms with van der Waals surface area (Å²) in [6.45, 7) is 3.06. The molecule has 1 amide bonds. The largest absolute Gasteiger partial charge is 0.490 e. The highest BCUT2D eigenvalue weighted by Gasteiger charge is 2.30. The lowest BCUT2D eigenvalue weighted by molar-refractivity contribution is -0.137. The minimum absolute atomic E-state index is 0.00712. The van der Waals surface area contributed by atoms with Gasteiger partial charge in [-0.25, -0.2) is 0 Å². The summed E-state index contributed by atoms with van der Waals surface area (Å²) in [6, 6.07) is 12.6. The molecular weight excluding hydrogens is 447 g/mol. The predicted octanol–water partition coefficient (Wildman–Crippen LogP) is 4.59. The number of ether oxygens (including phenoxy) is 1. The lowest BCUT2D eigenvalue weighted by Gasteiger charge is -2.33. The van der Waals surface area contributed by atoms with Crippen LogP contribution in [0.25, 0.3) is 11.0 Å². The van der Waals surface area contributed by atoms with Gasteiger partial charge >= 0.3 is 6.18 Å². The van der Waals surface area contributed by atoms with Crippen molar-refractivity contribution in [3.63, 3.8) is 0 Å². The van der Waals surface area contributed by atoms with E-state index in [0.29, 0.717) is 24.4 Å². The first-order valence-corrected chi connectivity index (χ1v) is 11.5. The summed E-state index contributed by atoms with van der Waals surface area (Å²) < 4.78 is 50.2. The van der Waals surface area contributed by atoms with E-state index >= 15 is 0 Å². The van der Waals surface area contributed by atoms with Gasteiger partial charge in [-0.2, -0.15) is 13.2 Å². The fourth-order valence-corrected chi connectivity index (χ4v) is 4.53. The highest BCUT2D eigenvalue weighted by molar-refractivity contribution is 5.96. The number of carbonyl (C=O) groups excluding carboxylic acids is 1. The van der Waals surface area contributed by atoms with E-state index in [0.717, 1.165) is 55.6 Å². The Bertz CT molecular complexity index is 1150. The first kappa shape index (κ1) is 22.6. The number of furan rings is 1. The molecular formula is C25H26F3N3O3. The van der Waals surface area contributed by atoms with Crippen LogP contribution in [-0.4, -0.2) is 44.2 Å². The third-order valence-corrected chi connectivity index (χ3v) is 6.41. The van der Waals surface area contributed by atoms with E-state index in [4.69, 9.17) is 9.15 Å². The second-order valence-corrected chi connectivity index (χ2v) is 8.82. The fraction of sp³-hybridized carbons (Fsp3) is 0.400. The summed E-state index contributed by atoms with van der Waals surface area (Å²) in [7, 11) is 0. The van der Waals surface area contributed by atoms with Crippen LogP contribution in [0.5, 0.6) is 5.75 Å². The van der Waals surface area contributed by atoms with Gasteiger partial charge in [0, 0.05) is 49.6 Å². The molecule has 6 nitrogen and oxygen atoms in total. The molecule has 3 aromatic rings. The fourth-order valence-electron chi connectivity index (χ4n) is 4.53. The van der Waals surface area contributed by atoms with Crippen molar-refractivity contribution in [2.75, 3.05) is 31.1 Å². The van der Waals surface area contributed by atoms with Gasteiger partial charge in [-0.3, -0.25) is 4.79 Å². The third-order valence-electron chi connectivity index (χ3n) is 6.41. The number of piperidine rings is 1. The van der Waals surface area contributed by atoms with Gasteiger partial charge in [0.2, 0.25) is 0 Å². The van der Waals surface area contributed by atoms with E-state index in [1.165, 1.54) is 12.1 Å². The zero-order chi connectivity index (χ0) is 23.7. The molecule has 2 aliphatic heterocycles. The maximum absolute atomic E-state index is 12.8. The van der Waals surface area contributed by atoms with Gasteiger partial charge in [0.1, 0.15) is 17.4 Å². The summed E-state index contributed by atoms with van der Waals surface area (Å²) in [6.07, 6.45) is -1.90. The van der Waals surface area contributed by atoms with Gasteiger partial charge < -0.3 is 24.7 Å².